The summed E-state index contributed by atoms with van der Waals surface area (Å²) in [6.45, 7) is 11.4. The Hall–Kier alpha value is -0.250. The maximum Gasteiger partial charge on any atom is 0.115 e. The Bertz CT molecular complexity index is 354. The van der Waals surface area contributed by atoms with Crippen molar-refractivity contribution < 1.29 is 5.11 Å². The van der Waals surface area contributed by atoms with Gasteiger partial charge in [-0.3, -0.25) is 0 Å². The van der Waals surface area contributed by atoms with Gasteiger partial charge in [0.1, 0.15) is 5.75 Å². The molecule has 96 valence electrons. The summed E-state index contributed by atoms with van der Waals surface area (Å²) in [6.07, 6.45) is 1.15. The van der Waals surface area contributed by atoms with Gasteiger partial charge >= 0.3 is 0 Å². The lowest BCUT2D eigenvalue weighted by Gasteiger charge is -2.34. The zero-order chi connectivity index (χ0) is 13.3. The molecule has 2 heteroatoms. The SMILES string of the molecule is CC(C)(C)CC(c1ccc(O)cc1)C(C)(C)I. The van der Waals surface area contributed by atoms with E-state index in [2.05, 4.69) is 57.2 Å². The highest BCUT2D eigenvalue weighted by Gasteiger charge is 2.31. The highest BCUT2D eigenvalue weighted by molar-refractivity contribution is 14.1. The summed E-state index contributed by atoms with van der Waals surface area (Å²) in [5, 5.41) is 9.37. The molecule has 0 aliphatic heterocycles. The normalized spacial score (nSPS) is 14.7. The van der Waals surface area contributed by atoms with Crippen molar-refractivity contribution in [1.29, 1.82) is 0 Å². The molecule has 0 saturated carbocycles. The Balaban J connectivity index is 3.03. The van der Waals surface area contributed by atoms with Gasteiger partial charge in [0.25, 0.3) is 0 Å². The number of hydrogen-bond acceptors (Lipinski definition) is 1. The van der Waals surface area contributed by atoms with Crippen LogP contribution >= 0.6 is 22.6 Å². The number of phenolic OH excluding ortho intramolecular Hbond substituents is 1. The van der Waals surface area contributed by atoms with Crippen LogP contribution in [0, 0.1) is 5.41 Å². The maximum absolute atomic E-state index is 9.37. The van der Waals surface area contributed by atoms with Gasteiger partial charge in [-0.1, -0.05) is 69.3 Å². The van der Waals surface area contributed by atoms with Gasteiger partial charge < -0.3 is 5.11 Å². The van der Waals surface area contributed by atoms with E-state index in [4.69, 9.17) is 0 Å². The van der Waals surface area contributed by atoms with Gasteiger partial charge in [0.15, 0.2) is 0 Å². The van der Waals surface area contributed by atoms with Gasteiger partial charge in [0.2, 0.25) is 0 Å². The van der Waals surface area contributed by atoms with Crippen LogP contribution in [0.25, 0.3) is 0 Å². The smallest absolute Gasteiger partial charge is 0.115 e. The van der Waals surface area contributed by atoms with E-state index in [0.29, 0.717) is 17.1 Å². The average Bonchev–Trinajstić information content (AvgIpc) is 2.13. The van der Waals surface area contributed by atoms with Crippen molar-refractivity contribution in [2.24, 2.45) is 5.41 Å². The number of alkyl halides is 1. The molecule has 0 aromatic heterocycles. The highest BCUT2D eigenvalue weighted by Crippen LogP contribution is 2.43. The number of rotatable bonds is 3. The second-order valence-corrected chi connectivity index (χ2v) is 9.25. The molecule has 0 heterocycles. The van der Waals surface area contributed by atoms with E-state index in [1.807, 2.05) is 12.1 Å². The Morgan fingerprint density at radius 3 is 1.88 bits per heavy atom. The van der Waals surface area contributed by atoms with E-state index in [1.54, 1.807) is 12.1 Å². The summed E-state index contributed by atoms with van der Waals surface area (Å²) >= 11 is 2.53. The van der Waals surface area contributed by atoms with Crippen molar-refractivity contribution in [3.8, 4) is 5.75 Å². The third-order valence-corrected chi connectivity index (χ3v) is 3.69. The molecule has 1 aromatic carbocycles. The van der Waals surface area contributed by atoms with E-state index in [9.17, 15) is 5.11 Å². The Kier molecular flexibility index (Phi) is 4.50. The molecule has 1 nitrogen and oxygen atoms in total. The summed E-state index contributed by atoms with van der Waals surface area (Å²) in [5.41, 5.74) is 1.63. The molecular formula is C15H23IO. The van der Waals surface area contributed by atoms with E-state index in [1.165, 1.54) is 5.56 Å². The molecule has 1 rings (SSSR count). The van der Waals surface area contributed by atoms with Crippen molar-refractivity contribution in [3.05, 3.63) is 29.8 Å². The average molecular weight is 346 g/mol. The monoisotopic (exact) mass is 346 g/mol. The van der Waals surface area contributed by atoms with E-state index in [0.717, 1.165) is 6.42 Å². The molecule has 1 aromatic rings. The number of halogens is 1. The van der Waals surface area contributed by atoms with Crippen molar-refractivity contribution in [2.45, 2.75) is 50.4 Å². The van der Waals surface area contributed by atoms with Crippen molar-refractivity contribution in [2.75, 3.05) is 0 Å². The lowest BCUT2D eigenvalue weighted by molar-refractivity contribution is 0.319. The second-order valence-electron chi connectivity index (χ2n) is 6.47. The summed E-state index contributed by atoms with van der Waals surface area (Å²) < 4.78 is 0.210. The molecule has 0 saturated heterocycles. The van der Waals surface area contributed by atoms with Crippen LogP contribution in [0.3, 0.4) is 0 Å². The van der Waals surface area contributed by atoms with E-state index in [-0.39, 0.29) is 3.42 Å². The Labute approximate surface area is 119 Å². The maximum atomic E-state index is 9.37. The van der Waals surface area contributed by atoms with Crippen LogP contribution in [0.4, 0.5) is 0 Å². The first-order valence-corrected chi connectivity index (χ1v) is 7.15. The number of benzene rings is 1. The van der Waals surface area contributed by atoms with Gasteiger partial charge in [-0.2, -0.15) is 0 Å². The molecule has 0 spiro atoms. The Morgan fingerprint density at radius 1 is 1.06 bits per heavy atom. The van der Waals surface area contributed by atoms with Gasteiger partial charge in [0, 0.05) is 3.42 Å². The van der Waals surface area contributed by atoms with Crippen LogP contribution in [0.5, 0.6) is 5.75 Å². The Morgan fingerprint density at radius 2 is 1.53 bits per heavy atom. The van der Waals surface area contributed by atoms with Crippen LogP contribution in [-0.4, -0.2) is 8.53 Å². The number of phenols is 1. The zero-order valence-corrected chi connectivity index (χ0v) is 13.6. The molecule has 0 fully saturated rings. The molecule has 1 unspecified atom stereocenters. The minimum atomic E-state index is 0.210. The molecule has 1 N–H and O–H groups in total. The number of hydrogen-bond donors (Lipinski definition) is 1. The molecule has 1 atom stereocenters. The quantitative estimate of drug-likeness (QED) is 0.595. The van der Waals surface area contributed by atoms with Crippen LogP contribution in [0.2, 0.25) is 0 Å². The highest BCUT2D eigenvalue weighted by atomic mass is 127. The second kappa shape index (κ2) is 5.17. The van der Waals surface area contributed by atoms with Crippen molar-refractivity contribution in [1.82, 2.24) is 0 Å². The summed E-state index contributed by atoms with van der Waals surface area (Å²) in [4.78, 5) is 0. The molecule has 17 heavy (non-hydrogen) atoms. The minimum absolute atomic E-state index is 0.210. The number of aromatic hydroxyl groups is 1. The fourth-order valence-corrected chi connectivity index (χ4v) is 2.66. The third kappa shape index (κ3) is 4.86. The predicted octanol–water partition coefficient (Wildman–Crippen LogP) is 5.13. The summed E-state index contributed by atoms with van der Waals surface area (Å²) in [7, 11) is 0. The summed E-state index contributed by atoms with van der Waals surface area (Å²) in [5.74, 6) is 0.846. The lowest BCUT2D eigenvalue weighted by atomic mass is 9.76. The fourth-order valence-electron chi connectivity index (χ4n) is 2.08. The zero-order valence-electron chi connectivity index (χ0n) is 11.4. The van der Waals surface area contributed by atoms with Gasteiger partial charge in [0.05, 0.1) is 0 Å². The van der Waals surface area contributed by atoms with Crippen molar-refractivity contribution >= 4 is 22.6 Å². The minimum Gasteiger partial charge on any atom is -0.508 e. The van der Waals surface area contributed by atoms with Crippen molar-refractivity contribution in [3.63, 3.8) is 0 Å². The first kappa shape index (κ1) is 14.8. The topological polar surface area (TPSA) is 20.2 Å². The first-order chi connectivity index (χ1) is 7.59. The molecule has 0 radical (unpaired) electrons. The molecule has 0 aliphatic rings. The summed E-state index contributed by atoms with van der Waals surface area (Å²) in [6, 6.07) is 7.67. The first-order valence-electron chi connectivity index (χ1n) is 6.07. The lowest BCUT2D eigenvalue weighted by Crippen LogP contribution is -2.26. The van der Waals surface area contributed by atoms with Crippen LogP contribution in [-0.2, 0) is 0 Å². The van der Waals surface area contributed by atoms with Crippen LogP contribution < -0.4 is 0 Å². The molecule has 0 amide bonds. The van der Waals surface area contributed by atoms with Gasteiger partial charge in [-0.05, 0) is 35.4 Å². The van der Waals surface area contributed by atoms with Gasteiger partial charge in [-0.15, -0.1) is 0 Å². The van der Waals surface area contributed by atoms with Crippen LogP contribution in [0.15, 0.2) is 24.3 Å². The largest absolute Gasteiger partial charge is 0.508 e. The predicted molar refractivity (Wildman–Crippen MR) is 83.0 cm³/mol. The van der Waals surface area contributed by atoms with Gasteiger partial charge in [-0.25, -0.2) is 0 Å². The molecule has 0 aliphatic carbocycles. The standard InChI is InChI=1S/C15H23IO/c1-14(2,3)10-13(15(4,5)16)11-6-8-12(17)9-7-11/h6-9,13,17H,10H2,1-5H3. The van der Waals surface area contributed by atoms with E-state index < -0.39 is 0 Å². The van der Waals surface area contributed by atoms with E-state index >= 15 is 0 Å². The third-order valence-electron chi connectivity index (χ3n) is 2.94. The van der Waals surface area contributed by atoms with Crippen LogP contribution in [0.1, 0.15) is 52.5 Å². The molecular weight excluding hydrogens is 323 g/mol. The molecule has 0 bridgehead atoms. The fraction of sp³-hybridized carbons (Fsp3) is 0.600.